The van der Waals surface area contributed by atoms with Gasteiger partial charge < -0.3 is 10.1 Å². The summed E-state index contributed by atoms with van der Waals surface area (Å²) in [6.07, 6.45) is 0. The fraction of sp³-hybridized carbons (Fsp3) is 0.333. The smallest absolute Gasteiger partial charge is 0.126 e. The lowest BCUT2D eigenvalue weighted by Gasteiger charge is -2.15. The van der Waals surface area contributed by atoms with E-state index in [2.05, 4.69) is 63.3 Å². The van der Waals surface area contributed by atoms with E-state index < -0.39 is 0 Å². The Kier molecular flexibility index (Phi) is 4.33. The van der Waals surface area contributed by atoms with Crippen LogP contribution in [0.5, 0.6) is 5.75 Å². The van der Waals surface area contributed by atoms with E-state index >= 15 is 0 Å². The molecule has 2 nitrogen and oxygen atoms in total. The van der Waals surface area contributed by atoms with Gasteiger partial charge in [-0.1, -0.05) is 35.4 Å². The van der Waals surface area contributed by atoms with Crippen molar-refractivity contribution in [3.8, 4) is 5.75 Å². The first-order valence-electron chi connectivity index (χ1n) is 6.96. The minimum absolute atomic E-state index is 0.829. The van der Waals surface area contributed by atoms with E-state index in [4.69, 9.17) is 4.74 Å². The lowest BCUT2D eigenvalue weighted by atomic mass is 10.1. The monoisotopic (exact) mass is 269 g/mol. The van der Waals surface area contributed by atoms with Crippen LogP contribution in [-0.2, 0) is 6.54 Å². The molecular formula is C18H23NO. The van der Waals surface area contributed by atoms with E-state index in [1.165, 1.54) is 22.3 Å². The maximum Gasteiger partial charge on any atom is 0.126 e. The standard InChI is InChI=1S/C18H23NO/c1-12-8-13(2)10-16(9-12)11-19-17-7-6-14(3)18(20-5)15(17)4/h6-10,19H,11H2,1-5H3. The van der Waals surface area contributed by atoms with Crippen molar-refractivity contribution in [3.05, 3.63) is 58.1 Å². The molecule has 0 unspecified atom stereocenters. The molecule has 0 radical (unpaired) electrons. The highest BCUT2D eigenvalue weighted by atomic mass is 16.5. The van der Waals surface area contributed by atoms with Crippen molar-refractivity contribution in [1.29, 1.82) is 0 Å². The number of nitrogens with one attached hydrogen (secondary N) is 1. The highest BCUT2D eigenvalue weighted by molar-refractivity contribution is 5.59. The number of hydrogen-bond donors (Lipinski definition) is 1. The summed E-state index contributed by atoms with van der Waals surface area (Å²) >= 11 is 0. The van der Waals surface area contributed by atoms with Gasteiger partial charge in [0, 0.05) is 17.8 Å². The van der Waals surface area contributed by atoms with Crippen molar-refractivity contribution < 1.29 is 4.74 Å². The summed E-state index contributed by atoms with van der Waals surface area (Å²) in [5.41, 5.74) is 7.38. The molecule has 0 spiro atoms. The highest BCUT2D eigenvalue weighted by Gasteiger charge is 2.07. The van der Waals surface area contributed by atoms with E-state index in [1.807, 2.05) is 0 Å². The Bertz CT molecular complexity index is 597. The summed E-state index contributed by atoms with van der Waals surface area (Å²) in [5.74, 6) is 0.968. The van der Waals surface area contributed by atoms with Gasteiger partial charge in [-0.05, 0) is 44.9 Å². The van der Waals surface area contributed by atoms with Gasteiger partial charge in [-0.15, -0.1) is 0 Å². The second-order valence-electron chi connectivity index (χ2n) is 5.44. The molecule has 0 amide bonds. The lowest BCUT2D eigenvalue weighted by molar-refractivity contribution is 0.409. The zero-order valence-electron chi connectivity index (χ0n) is 13.0. The van der Waals surface area contributed by atoms with Crippen molar-refractivity contribution in [2.24, 2.45) is 0 Å². The van der Waals surface area contributed by atoms with Gasteiger partial charge in [0.15, 0.2) is 0 Å². The van der Waals surface area contributed by atoms with Crippen LogP contribution in [0.15, 0.2) is 30.3 Å². The maximum atomic E-state index is 5.47. The van der Waals surface area contributed by atoms with Crippen LogP contribution in [0.4, 0.5) is 5.69 Å². The molecule has 0 aliphatic rings. The molecule has 0 fully saturated rings. The summed E-state index contributed by atoms with van der Waals surface area (Å²) in [7, 11) is 1.73. The van der Waals surface area contributed by atoms with Crippen molar-refractivity contribution in [1.82, 2.24) is 0 Å². The fourth-order valence-corrected chi connectivity index (χ4v) is 2.70. The lowest BCUT2D eigenvalue weighted by Crippen LogP contribution is -2.03. The number of aryl methyl sites for hydroxylation is 3. The molecule has 2 rings (SSSR count). The molecule has 2 aromatic carbocycles. The molecular weight excluding hydrogens is 246 g/mol. The summed E-state index contributed by atoms with van der Waals surface area (Å²) in [4.78, 5) is 0. The van der Waals surface area contributed by atoms with Crippen LogP contribution in [-0.4, -0.2) is 7.11 Å². The van der Waals surface area contributed by atoms with Gasteiger partial charge in [-0.3, -0.25) is 0 Å². The van der Waals surface area contributed by atoms with Gasteiger partial charge in [0.2, 0.25) is 0 Å². The summed E-state index contributed by atoms with van der Waals surface area (Å²) in [6.45, 7) is 9.26. The predicted molar refractivity (Wildman–Crippen MR) is 85.7 cm³/mol. The molecule has 2 heteroatoms. The van der Waals surface area contributed by atoms with Gasteiger partial charge >= 0.3 is 0 Å². The van der Waals surface area contributed by atoms with E-state index in [1.54, 1.807) is 7.11 Å². The van der Waals surface area contributed by atoms with Crippen LogP contribution < -0.4 is 10.1 Å². The molecule has 0 aromatic heterocycles. The average molecular weight is 269 g/mol. The summed E-state index contributed by atoms with van der Waals surface area (Å²) in [5, 5.41) is 3.51. The third kappa shape index (κ3) is 3.13. The fourth-order valence-electron chi connectivity index (χ4n) is 2.70. The van der Waals surface area contributed by atoms with Gasteiger partial charge in [-0.2, -0.15) is 0 Å². The van der Waals surface area contributed by atoms with Crippen LogP contribution in [0.25, 0.3) is 0 Å². The van der Waals surface area contributed by atoms with Crippen LogP contribution >= 0.6 is 0 Å². The van der Waals surface area contributed by atoms with Crippen molar-refractivity contribution in [3.63, 3.8) is 0 Å². The van der Waals surface area contributed by atoms with Gasteiger partial charge in [0.25, 0.3) is 0 Å². The Morgan fingerprint density at radius 3 is 2.20 bits per heavy atom. The summed E-state index contributed by atoms with van der Waals surface area (Å²) in [6, 6.07) is 10.9. The molecule has 1 N–H and O–H groups in total. The van der Waals surface area contributed by atoms with Gasteiger partial charge in [0.05, 0.1) is 7.11 Å². The predicted octanol–water partition coefficient (Wildman–Crippen LogP) is 4.54. The van der Waals surface area contributed by atoms with Gasteiger partial charge in [0.1, 0.15) is 5.75 Å². The molecule has 0 bridgehead atoms. The first kappa shape index (κ1) is 14.4. The number of methoxy groups -OCH3 is 1. The molecule has 0 atom stereocenters. The van der Waals surface area contributed by atoms with Crippen molar-refractivity contribution in [2.75, 3.05) is 12.4 Å². The Hall–Kier alpha value is -1.96. The van der Waals surface area contributed by atoms with Crippen LogP contribution in [0.3, 0.4) is 0 Å². The quantitative estimate of drug-likeness (QED) is 0.879. The maximum absolute atomic E-state index is 5.47. The Labute approximate surface area is 121 Å². The van der Waals surface area contributed by atoms with Crippen LogP contribution in [0, 0.1) is 27.7 Å². The molecule has 20 heavy (non-hydrogen) atoms. The second kappa shape index (κ2) is 6.00. The number of ether oxygens (including phenoxy) is 1. The molecule has 0 saturated heterocycles. The van der Waals surface area contributed by atoms with Crippen LogP contribution in [0.2, 0.25) is 0 Å². The van der Waals surface area contributed by atoms with Crippen LogP contribution in [0.1, 0.15) is 27.8 Å². The highest BCUT2D eigenvalue weighted by Crippen LogP contribution is 2.29. The zero-order chi connectivity index (χ0) is 14.7. The van der Waals surface area contributed by atoms with Crippen molar-refractivity contribution in [2.45, 2.75) is 34.2 Å². The van der Waals surface area contributed by atoms with Crippen molar-refractivity contribution >= 4 is 5.69 Å². The number of anilines is 1. The Balaban J connectivity index is 2.19. The number of hydrogen-bond acceptors (Lipinski definition) is 2. The van der Waals surface area contributed by atoms with E-state index in [0.29, 0.717) is 0 Å². The largest absolute Gasteiger partial charge is 0.496 e. The molecule has 106 valence electrons. The first-order valence-corrected chi connectivity index (χ1v) is 6.96. The Morgan fingerprint density at radius 1 is 0.950 bits per heavy atom. The minimum Gasteiger partial charge on any atom is -0.496 e. The Morgan fingerprint density at radius 2 is 1.60 bits per heavy atom. The zero-order valence-corrected chi connectivity index (χ0v) is 13.0. The number of benzene rings is 2. The van der Waals surface area contributed by atoms with E-state index in [0.717, 1.165) is 23.5 Å². The van der Waals surface area contributed by atoms with E-state index in [-0.39, 0.29) is 0 Å². The van der Waals surface area contributed by atoms with E-state index in [9.17, 15) is 0 Å². The summed E-state index contributed by atoms with van der Waals surface area (Å²) < 4.78 is 5.47. The molecule has 0 saturated carbocycles. The van der Waals surface area contributed by atoms with Gasteiger partial charge in [-0.25, -0.2) is 0 Å². The second-order valence-corrected chi connectivity index (χ2v) is 5.44. The number of rotatable bonds is 4. The average Bonchev–Trinajstić information content (AvgIpc) is 2.37. The molecule has 0 aliphatic carbocycles. The topological polar surface area (TPSA) is 21.3 Å². The first-order chi connectivity index (χ1) is 9.51. The SMILES string of the molecule is COc1c(C)ccc(NCc2cc(C)cc(C)c2)c1C. The molecule has 0 heterocycles. The minimum atomic E-state index is 0.829. The molecule has 0 aliphatic heterocycles. The third-order valence-electron chi connectivity index (χ3n) is 3.57. The molecule has 2 aromatic rings. The third-order valence-corrected chi connectivity index (χ3v) is 3.57. The normalized spacial score (nSPS) is 10.4.